The number of piperidine rings is 1. The first-order valence-corrected chi connectivity index (χ1v) is 10.8. The first-order chi connectivity index (χ1) is 11.9. The van der Waals surface area contributed by atoms with E-state index in [2.05, 4.69) is 22.6 Å². The SMILES string of the molecule is CCC1(c2cccc(NS(C)(=O)=O)c2)C2CN(COCCCO)CC21. The summed E-state index contributed by atoms with van der Waals surface area (Å²) >= 11 is 0. The minimum atomic E-state index is -3.26. The number of ether oxygens (including phenoxy) is 1. The molecule has 1 heterocycles. The molecule has 1 aliphatic heterocycles. The van der Waals surface area contributed by atoms with Crippen molar-refractivity contribution in [3.8, 4) is 0 Å². The molecular weight excluding hydrogens is 340 g/mol. The minimum absolute atomic E-state index is 0.163. The Morgan fingerprint density at radius 2 is 2.08 bits per heavy atom. The second-order valence-electron chi connectivity index (χ2n) is 7.21. The van der Waals surface area contributed by atoms with Crippen LogP contribution in [0.2, 0.25) is 0 Å². The summed E-state index contributed by atoms with van der Waals surface area (Å²) in [5.74, 6) is 1.21. The molecule has 0 aromatic heterocycles. The van der Waals surface area contributed by atoms with Gasteiger partial charge in [-0.3, -0.25) is 9.62 Å². The number of hydrogen-bond acceptors (Lipinski definition) is 5. The number of nitrogens with zero attached hydrogens (tertiary/aromatic N) is 1. The zero-order valence-corrected chi connectivity index (χ0v) is 15.8. The van der Waals surface area contributed by atoms with Gasteiger partial charge in [0.1, 0.15) is 0 Å². The Morgan fingerprint density at radius 3 is 2.68 bits per heavy atom. The summed E-state index contributed by atoms with van der Waals surface area (Å²) in [7, 11) is -3.26. The number of aliphatic hydroxyl groups is 1. The molecule has 1 saturated carbocycles. The highest BCUT2D eigenvalue weighted by Crippen LogP contribution is 2.65. The Balaban J connectivity index is 1.64. The van der Waals surface area contributed by atoms with Crippen LogP contribution >= 0.6 is 0 Å². The molecule has 1 aliphatic carbocycles. The lowest BCUT2D eigenvalue weighted by Gasteiger charge is -2.26. The summed E-state index contributed by atoms with van der Waals surface area (Å²) < 4.78 is 31.1. The third kappa shape index (κ3) is 3.84. The van der Waals surface area contributed by atoms with Crippen LogP contribution in [0.25, 0.3) is 0 Å². The maximum atomic E-state index is 11.5. The van der Waals surface area contributed by atoms with Gasteiger partial charge in [0.05, 0.1) is 19.6 Å². The van der Waals surface area contributed by atoms with E-state index >= 15 is 0 Å². The predicted molar refractivity (Wildman–Crippen MR) is 98.0 cm³/mol. The molecule has 3 rings (SSSR count). The van der Waals surface area contributed by atoms with Crippen molar-refractivity contribution < 1.29 is 18.3 Å². The Hall–Kier alpha value is -1.15. The van der Waals surface area contributed by atoms with Crippen LogP contribution in [0.15, 0.2) is 24.3 Å². The standard InChI is InChI=1S/C18H28N2O4S/c1-3-18(14-6-4-7-15(10-14)19-25(2,22)23)16-11-20(12-17(16)18)13-24-9-5-8-21/h4,6-7,10,16-17,19,21H,3,5,8-9,11-13H2,1-2H3. The van der Waals surface area contributed by atoms with Crippen LogP contribution in [0.3, 0.4) is 0 Å². The van der Waals surface area contributed by atoms with E-state index in [-0.39, 0.29) is 12.0 Å². The summed E-state index contributed by atoms with van der Waals surface area (Å²) in [5.41, 5.74) is 2.04. The molecule has 25 heavy (non-hydrogen) atoms. The second-order valence-corrected chi connectivity index (χ2v) is 8.96. The monoisotopic (exact) mass is 368 g/mol. The first kappa shape index (κ1) is 18.6. The Kier molecular flexibility index (Phi) is 5.39. The zero-order chi connectivity index (χ0) is 18.1. The van der Waals surface area contributed by atoms with Crippen LogP contribution in [0, 0.1) is 11.8 Å². The molecule has 1 saturated heterocycles. The van der Waals surface area contributed by atoms with E-state index in [1.165, 1.54) is 11.8 Å². The number of aliphatic hydroxyl groups excluding tert-OH is 1. The predicted octanol–water partition coefficient (Wildman–Crippen LogP) is 1.62. The number of likely N-dealkylation sites (tertiary alicyclic amines) is 1. The quantitative estimate of drug-likeness (QED) is 0.648. The van der Waals surface area contributed by atoms with Crippen LogP contribution in [-0.2, 0) is 20.2 Å². The summed E-state index contributed by atoms with van der Waals surface area (Å²) in [5, 5.41) is 8.79. The normalized spacial score (nSPS) is 28.8. The zero-order valence-electron chi connectivity index (χ0n) is 14.9. The third-order valence-electron chi connectivity index (χ3n) is 5.62. The molecule has 2 unspecified atom stereocenters. The molecule has 1 aromatic rings. The fraction of sp³-hybridized carbons (Fsp3) is 0.667. The molecule has 0 amide bonds. The fourth-order valence-corrected chi connectivity index (χ4v) is 5.08. The second kappa shape index (κ2) is 7.23. The van der Waals surface area contributed by atoms with Crippen LogP contribution in [0.5, 0.6) is 0 Å². The van der Waals surface area contributed by atoms with Gasteiger partial charge >= 0.3 is 0 Å². The van der Waals surface area contributed by atoms with E-state index in [0.29, 0.717) is 37.3 Å². The van der Waals surface area contributed by atoms with Gasteiger partial charge in [0.2, 0.25) is 10.0 Å². The molecule has 0 bridgehead atoms. The van der Waals surface area contributed by atoms with Crippen molar-refractivity contribution in [3.05, 3.63) is 29.8 Å². The van der Waals surface area contributed by atoms with Crippen LogP contribution in [0.4, 0.5) is 5.69 Å². The lowest BCUT2D eigenvalue weighted by molar-refractivity contribution is 0.0252. The highest BCUT2D eigenvalue weighted by atomic mass is 32.2. The molecule has 2 N–H and O–H groups in total. The van der Waals surface area contributed by atoms with E-state index in [4.69, 9.17) is 9.84 Å². The number of fused-ring (bicyclic) bond motifs is 1. The number of sulfonamides is 1. The van der Waals surface area contributed by atoms with Gasteiger partial charge in [-0.1, -0.05) is 19.1 Å². The summed E-state index contributed by atoms with van der Waals surface area (Å²) in [6.45, 7) is 5.64. The van der Waals surface area contributed by atoms with Gasteiger partial charge in [0.15, 0.2) is 0 Å². The van der Waals surface area contributed by atoms with E-state index < -0.39 is 10.0 Å². The highest BCUT2D eigenvalue weighted by Gasteiger charge is 2.67. The lowest BCUT2D eigenvalue weighted by Crippen LogP contribution is -2.32. The Morgan fingerprint density at radius 1 is 1.36 bits per heavy atom. The molecule has 2 fully saturated rings. The molecule has 7 heteroatoms. The maximum absolute atomic E-state index is 11.5. The average Bonchev–Trinajstić information content (AvgIpc) is 2.94. The van der Waals surface area contributed by atoms with Gasteiger partial charge in [-0.2, -0.15) is 0 Å². The van der Waals surface area contributed by atoms with Crippen LogP contribution in [-0.4, -0.2) is 57.7 Å². The van der Waals surface area contributed by atoms with Crippen molar-refractivity contribution in [2.24, 2.45) is 11.8 Å². The van der Waals surface area contributed by atoms with Gasteiger partial charge in [-0.25, -0.2) is 8.42 Å². The van der Waals surface area contributed by atoms with Crippen molar-refractivity contribution in [3.63, 3.8) is 0 Å². The van der Waals surface area contributed by atoms with Crippen molar-refractivity contribution in [1.82, 2.24) is 4.90 Å². The first-order valence-electron chi connectivity index (χ1n) is 8.90. The number of nitrogens with one attached hydrogen (secondary N) is 1. The topological polar surface area (TPSA) is 78.9 Å². The molecule has 1 aromatic carbocycles. The van der Waals surface area contributed by atoms with Crippen molar-refractivity contribution in [1.29, 1.82) is 0 Å². The smallest absolute Gasteiger partial charge is 0.229 e. The molecule has 2 atom stereocenters. The molecule has 140 valence electrons. The van der Waals surface area contributed by atoms with E-state index in [9.17, 15) is 8.42 Å². The van der Waals surface area contributed by atoms with Crippen molar-refractivity contribution in [2.45, 2.75) is 25.2 Å². The molecule has 0 radical (unpaired) electrons. The number of anilines is 1. The maximum Gasteiger partial charge on any atom is 0.229 e. The van der Waals surface area contributed by atoms with E-state index in [0.717, 1.165) is 19.5 Å². The van der Waals surface area contributed by atoms with Gasteiger partial charge in [0.25, 0.3) is 0 Å². The minimum Gasteiger partial charge on any atom is -0.396 e. The van der Waals surface area contributed by atoms with Crippen LogP contribution in [0.1, 0.15) is 25.3 Å². The number of hydrogen-bond donors (Lipinski definition) is 2. The number of benzene rings is 1. The molecule has 6 nitrogen and oxygen atoms in total. The summed E-state index contributed by atoms with van der Waals surface area (Å²) in [6.07, 6.45) is 2.92. The van der Waals surface area contributed by atoms with Gasteiger partial charge in [0, 0.05) is 30.8 Å². The van der Waals surface area contributed by atoms with Gasteiger partial charge in [-0.05, 0) is 42.4 Å². The Bertz CT molecular complexity index is 695. The third-order valence-corrected chi connectivity index (χ3v) is 6.23. The Labute approximate surface area is 150 Å². The van der Waals surface area contributed by atoms with E-state index in [1.807, 2.05) is 12.1 Å². The van der Waals surface area contributed by atoms with E-state index in [1.54, 1.807) is 6.07 Å². The average molecular weight is 368 g/mol. The summed E-state index contributed by atoms with van der Waals surface area (Å²) in [4.78, 5) is 2.33. The van der Waals surface area contributed by atoms with Crippen molar-refractivity contribution in [2.75, 3.05) is 44.0 Å². The van der Waals surface area contributed by atoms with Gasteiger partial charge in [-0.15, -0.1) is 0 Å². The largest absolute Gasteiger partial charge is 0.396 e. The molecule has 2 aliphatic rings. The number of rotatable bonds is 9. The molecular formula is C18H28N2O4S. The lowest BCUT2D eigenvalue weighted by atomic mass is 9.87. The summed E-state index contributed by atoms with van der Waals surface area (Å²) in [6, 6.07) is 7.85. The fourth-order valence-electron chi connectivity index (χ4n) is 4.52. The highest BCUT2D eigenvalue weighted by molar-refractivity contribution is 7.92. The van der Waals surface area contributed by atoms with Crippen molar-refractivity contribution >= 4 is 15.7 Å². The van der Waals surface area contributed by atoms with Gasteiger partial charge < -0.3 is 9.84 Å². The molecule has 0 spiro atoms. The van der Waals surface area contributed by atoms with Crippen LogP contribution < -0.4 is 4.72 Å².